The van der Waals surface area contributed by atoms with Gasteiger partial charge in [0.25, 0.3) is 0 Å². The molecular formula is C19H17BrN2O3. The maximum absolute atomic E-state index is 12.1. The average molecular weight is 401 g/mol. The van der Waals surface area contributed by atoms with E-state index in [1.165, 1.54) is 4.90 Å². The average Bonchev–Trinajstić information content (AvgIpc) is 2.97. The summed E-state index contributed by atoms with van der Waals surface area (Å²) < 4.78 is 6.18. The normalized spacial score (nSPS) is 12.0. The van der Waals surface area contributed by atoms with Crippen LogP contribution in [0.2, 0.25) is 0 Å². The van der Waals surface area contributed by atoms with Crippen LogP contribution in [0.25, 0.3) is 11.3 Å². The number of aryl methyl sites for hydroxylation is 1. The molecular weight excluding hydrogens is 384 g/mol. The van der Waals surface area contributed by atoms with Crippen molar-refractivity contribution in [2.24, 2.45) is 0 Å². The van der Waals surface area contributed by atoms with Crippen molar-refractivity contribution in [3.05, 3.63) is 70.4 Å². The van der Waals surface area contributed by atoms with Crippen LogP contribution in [0.4, 0.5) is 10.5 Å². The third-order valence-corrected chi connectivity index (χ3v) is 4.79. The van der Waals surface area contributed by atoms with Crippen molar-refractivity contribution < 1.29 is 14.4 Å². The number of aromatic nitrogens is 1. The second-order valence-electron chi connectivity index (χ2n) is 5.65. The zero-order chi connectivity index (χ0) is 18.0. The lowest BCUT2D eigenvalue weighted by Gasteiger charge is -2.27. The molecule has 1 aromatic heterocycles. The summed E-state index contributed by atoms with van der Waals surface area (Å²) in [5.41, 5.74) is 2.64. The Labute approximate surface area is 154 Å². The molecule has 3 rings (SSSR count). The molecule has 3 aromatic rings. The highest BCUT2D eigenvalue weighted by Crippen LogP contribution is 2.39. The van der Waals surface area contributed by atoms with Gasteiger partial charge in [-0.05, 0) is 25.5 Å². The summed E-state index contributed by atoms with van der Waals surface area (Å²) in [5.74, 6) is 0.458. The van der Waals surface area contributed by atoms with E-state index in [9.17, 15) is 9.90 Å². The van der Waals surface area contributed by atoms with Gasteiger partial charge in [0.2, 0.25) is 0 Å². The largest absolute Gasteiger partial charge is 0.465 e. The summed E-state index contributed by atoms with van der Waals surface area (Å²) in [6, 6.07) is 16.6. The van der Waals surface area contributed by atoms with Gasteiger partial charge in [0.05, 0.1) is 6.04 Å². The standard InChI is InChI=1S/C19H17BrN2O3/c1-12(15-10-6-7-11-16(15)20)22(19(23)24)18-13(2)25-21-17(18)14-8-4-3-5-9-14/h3-12H,1-2H3,(H,23,24). The van der Waals surface area contributed by atoms with Crippen LogP contribution in [0.15, 0.2) is 63.6 Å². The molecule has 0 aliphatic carbocycles. The molecule has 1 N–H and O–H groups in total. The molecule has 0 aliphatic rings. The maximum atomic E-state index is 12.1. The van der Waals surface area contributed by atoms with Gasteiger partial charge in [0.15, 0.2) is 5.76 Å². The van der Waals surface area contributed by atoms with Crippen LogP contribution < -0.4 is 4.90 Å². The zero-order valence-electron chi connectivity index (χ0n) is 13.8. The van der Waals surface area contributed by atoms with E-state index in [1.54, 1.807) is 6.92 Å². The molecule has 0 aliphatic heterocycles. The van der Waals surface area contributed by atoms with Crippen LogP contribution in [0.3, 0.4) is 0 Å². The topological polar surface area (TPSA) is 66.6 Å². The second-order valence-corrected chi connectivity index (χ2v) is 6.51. The Hall–Kier alpha value is -2.60. The van der Waals surface area contributed by atoms with Crippen molar-refractivity contribution in [1.29, 1.82) is 0 Å². The smallest absolute Gasteiger partial charge is 0.412 e. The number of benzene rings is 2. The van der Waals surface area contributed by atoms with Crippen LogP contribution in [0, 0.1) is 6.92 Å². The number of carbonyl (C=O) groups is 1. The van der Waals surface area contributed by atoms with Gasteiger partial charge in [-0.3, -0.25) is 4.90 Å². The Morgan fingerprint density at radius 2 is 1.80 bits per heavy atom. The first kappa shape index (κ1) is 17.2. The highest BCUT2D eigenvalue weighted by atomic mass is 79.9. The number of halogens is 1. The lowest BCUT2D eigenvalue weighted by Crippen LogP contribution is -2.33. The van der Waals surface area contributed by atoms with E-state index < -0.39 is 12.1 Å². The molecule has 2 aromatic carbocycles. The van der Waals surface area contributed by atoms with E-state index in [2.05, 4.69) is 21.1 Å². The summed E-state index contributed by atoms with van der Waals surface area (Å²) in [5, 5.41) is 14.0. The molecule has 0 saturated heterocycles. The number of hydrogen-bond acceptors (Lipinski definition) is 3. The van der Waals surface area contributed by atoms with Gasteiger partial charge in [-0.1, -0.05) is 69.6 Å². The van der Waals surface area contributed by atoms with Gasteiger partial charge in [-0.2, -0.15) is 0 Å². The molecule has 0 bridgehead atoms. The SMILES string of the molecule is Cc1onc(-c2ccccc2)c1N(C(=O)O)C(C)c1ccccc1Br. The lowest BCUT2D eigenvalue weighted by molar-refractivity contribution is 0.199. The summed E-state index contributed by atoms with van der Waals surface area (Å²) in [6.07, 6.45) is -1.06. The van der Waals surface area contributed by atoms with E-state index in [0.29, 0.717) is 17.1 Å². The number of amides is 1. The number of nitrogens with zero attached hydrogens (tertiary/aromatic N) is 2. The van der Waals surface area contributed by atoms with Gasteiger partial charge < -0.3 is 9.63 Å². The highest BCUT2D eigenvalue weighted by molar-refractivity contribution is 9.10. The molecule has 1 unspecified atom stereocenters. The van der Waals surface area contributed by atoms with Crippen molar-refractivity contribution in [3.8, 4) is 11.3 Å². The highest BCUT2D eigenvalue weighted by Gasteiger charge is 2.31. The van der Waals surface area contributed by atoms with Crippen molar-refractivity contribution in [2.45, 2.75) is 19.9 Å². The molecule has 6 heteroatoms. The van der Waals surface area contributed by atoms with Crippen molar-refractivity contribution in [1.82, 2.24) is 5.16 Å². The molecule has 0 saturated carbocycles. The molecule has 128 valence electrons. The zero-order valence-corrected chi connectivity index (χ0v) is 15.4. The van der Waals surface area contributed by atoms with Crippen molar-refractivity contribution >= 4 is 27.7 Å². The van der Waals surface area contributed by atoms with E-state index >= 15 is 0 Å². The first-order chi connectivity index (χ1) is 12.0. The van der Waals surface area contributed by atoms with Gasteiger partial charge in [-0.15, -0.1) is 0 Å². The monoisotopic (exact) mass is 400 g/mol. The molecule has 1 atom stereocenters. The fraction of sp³-hybridized carbons (Fsp3) is 0.158. The summed E-state index contributed by atoms with van der Waals surface area (Å²) in [6.45, 7) is 3.56. The van der Waals surface area contributed by atoms with E-state index in [0.717, 1.165) is 15.6 Å². The van der Waals surface area contributed by atoms with E-state index in [-0.39, 0.29) is 0 Å². The molecule has 5 nitrogen and oxygen atoms in total. The fourth-order valence-electron chi connectivity index (χ4n) is 2.84. The van der Waals surface area contributed by atoms with Crippen LogP contribution in [-0.4, -0.2) is 16.4 Å². The third-order valence-electron chi connectivity index (χ3n) is 4.07. The van der Waals surface area contributed by atoms with Gasteiger partial charge >= 0.3 is 6.09 Å². The van der Waals surface area contributed by atoms with E-state index in [4.69, 9.17) is 4.52 Å². The van der Waals surface area contributed by atoms with Crippen molar-refractivity contribution in [3.63, 3.8) is 0 Å². The summed E-state index contributed by atoms with van der Waals surface area (Å²) in [7, 11) is 0. The predicted octanol–water partition coefficient (Wildman–Crippen LogP) is 5.66. The number of hydrogen-bond donors (Lipinski definition) is 1. The third kappa shape index (κ3) is 3.30. The lowest BCUT2D eigenvalue weighted by atomic mass is 10.0. The van der Waals surface area contributed by atoms with E-state index in [1.807, 2.05) is 61.5 Å². The first-order valence-corrected chi connectivity index (χ1v) is 8.58. The summed E-state index contributed by atoms with van der Waals surface area (Å²) in [4.78, 5) is 13.4. The molecule has 0 spiro atoms. The summed E-state index contributed by atoms with van der Waals surface area (Å²) >= 11 is 3.50. The Morgan fingerprint density at radius 3 is 2.44 bits per heavy atom. The Morgan fingerprint density at radius 1 is 1.16 bits per heavy atom. The molecule has 1 heterocycles. The van der Waals surface area contributed by atoms with Crippen LogP contribution in [0.5, 0.6) is 0 Å². The minimum atomic E-state index is -1.06. The Kier molecular flexibility index (Phi) is 4.90. The van der Waals surface area contributed by atoms with Gasteiger partial charge in [0, 0.05) is 10.0 Å². The molecule has 1 amide bonds. The van der Waals surface area contributed by atoms with Gasteiger partial charge in [0.1, 0.15) is 11.4 Å². The maximum Gasteiger partial charge on any atom is 0.412 e. The van der Waals surface area contributed by atoms with Crippen LogP contribution in [0.1, 0.15) is 24.3 Å². The molecule has 0 radical (unpaired) electrons. The van der Waals surface area contributed by atoms with Crippen molar-refractivity contribution in [2.75, 3.05) is 4.90 Å². The predicted molar refractivity (Wildman–Crippen MR) is 99.7 cm³/mol. The van der Waals surface area contributed by atoms with Crippen LogP contribution >= 0.6 is 15.9 Å². The number of carboxylic acid groups (broad SMARTS) is 1. The van der Waals surface area contributed by atoms with Gasteiger partial charge in [-0.25, -0.2) is 4.79 Å². The first-order valence-electron chi connectivity index (χ1n) is 7.79. The Balaban J connectivity index is 2.13. The minimum Gasteiger partial charge on any atom is -0.465 e. The second kappa shape index (κ2) is 7.11. The number of rotatable bonds is 4. The minimum absolute atomic E-state index is 0.423. The number of anilines is 1. The molecule has 0 fully saturated rings. The quantitative estimate of drug-likeness (QED) is 0.613. The Bertz CT molecular complexity index is 893. The molecule has 25 heavy (non-hydrogen) atoms. The van der Waals surface area contributed by atoms with Crippen LogP contribution in [-0.2, 0) is 0 Å². The fourth-order valence-corrected chi connectivity index (χ4v) is 3.46.